The highest BCUT2D eigenvalue weighted by atomic mass is 31.1. The fourth-order valence-electron chi connectivity index (χ4n) is 2.89. The monoisotopic (exact) mass is 401 g/mol. The van der Waals surface area contributed by atoms with Crippen LogP contribution in [0.5, 0.6) is 0 Å². The van der Waals surface area contributed by atoms with Gasteiger partial charge in [-0.2, -0.15) is 0 Å². The van der Waals surface area contributed by atoms with Gasteiger partial charge in [-0.05, 0) is 30.4 Å². The van der Waals surface area contributed by atoms with E-state index in [1.54, 1.807) is 0 Å². The van der Waals surface area contributed by atoms with Gasteiger partial charge in [0.15, 0.2) is 8.46 Å². The lowest BCUT2D eigenvalue weighted by molar-refractivity contribution is -0.148. The molecule has 2 N–H and O–H groups in total. The molecule has 6 nitrogen and oxygen atoms in total. The highest BCUT2D eigenvalue weighted by Crippen LogP contribution is 2.32. The Morgan fingerprint density at radius 1 is 0.964 bits per heavy atom. The average molecular weight is 401 g/mol. The number of nitrogens with one attached hydrogen (secondary N) is 1. The predicted molar refractivity (Wildman–Crippen MR) is 107 cm³/mol. The fraction of sp³-hybridized carbons (Fsp3) is 0.333. The predicted octanol–water partition coefficient (Wildman–Crippen LogP) is 4.30. The van der Waals surface area contributed by atoms with Gasteiger partial charge in [0.25, 0.3) is 0 Å². The Kier molecular flexibility index (Phi) is 8.63. The number of aliphatic carboxylic acids is 1. The number of hydrogen-bond acceptors (Lipinski definition) is 4. The molecule has 148 valence electrons. The molecule has 1 atom stereocenters. The summed E-state index contributed by atoms with van der Waals surface area (Å²) in [5.74, 6) is -1.01. The van der Waals surface area contributed by atoms with E-state index in [4.69, 9.17) is 4.74 Å². The molecular formula is C21H24NO5P. The number of hydrogen-bond donors (Lipinski definition) is 2. The SMILES string of the molecule is O=PCC(CCNC(=O)OCc1ccccc1)(CCc1ccccc1)C(=O)O. The third-order valence-electron chi connectivity index (χ3n) is 4.64. The van der Waals surface area contributed by atoms with Crippen molar-refractivity contribution in [1.82, 2.24) is 5.32 Å². The first-order chi connectivity index (χ1) is 13.6. The molecule has 2 aromatic rings. The van der Waals surface area contributed by atoms with Crippen LogP contribution in [0.3, 0.4) is 0 Å². The lowest BCUT2D eigenvalue weighted by Gasteiger charge is -2.27. The van der Waals surface area contributed by atoms with Crippen molar-refractivity contribution in [3.05, 3.63) is 71.8 Å². The lowest BCUT2D eigenvalue weighted by Crippen LogP contribution is -2.38. The number of alkyl carbamates (subject to hydrolysis) is 1. The standard InChI is InChI=1S/C21H24NO5P/c23-19(24)21(16-28-26,12-11-17-7-3-1-4-8-17)13-14-22-20(25)27-15-18-9-5-2-6-10-18/h1-10H,11-16H2,(H,22,25)(H,23,24). The summed E-state index contributed by atoms with van der Waals surface area (Å²) >= 11 is 0. The number of carbonyl (C=O) groups is 2. The van der Waals surface area contributed by atoms with Gasteiger partial charge in [-0.1, -0.05) is 60.7 Å². The topological polar surface area (TPSA) is 92.7 Å². The third-order valence-corrected chi connectivity index (χ3v) is 5.38. The van der Waals surface area contributed by atoms with E-state index in [0.717, 1.165) is 11.1 Å². The van der Waals surface area contributed by atoms with Gasteiger partial charge >= 0.3 is 12.1 Å². The Morgan fingerprint density at radius 2 is 1.57 bits per heavy atom. The molecule has 2 aromatic carbocycles. The highest BCUT2D eigenvalue weighted by Gasteiger charge is 2.38. The maximum atomic E-state index is 11.9. The summed E-state index contributed by atoms with van der Waals surface area (Å²) in [4.78, 5) is 23.8. The molecule has 0 aliphatic heterocycles. The maximum absolute atomic E-state index is 11.9. The Bertz CT molecular complexity index is 769. The fourth-order valence-corrected chi connectivity index (χ4v) is 3.59. The molecule has 0 heterocycles. The number of aryl methyl sites for hydroxylation is 1. The van der Waals surface area contributed by atoms with E-state index in [-0.39, 0.29) is 34.2 Å². The van der Waals surface area contributed by atoms with Crippen LogP contribution < -0.4 is 5.32 Å². The summed E-state index contributed by atoms with van der Waals surface area (Å²) in [5.41, 5.74) is 0.711. The zero-order valence-corrected chi connectivity index (χ0v) is 16.4. The van der Waals surface area contributed by atoms with Crippen molar-refractivity contribution in [1.29, 1.82) is 0 Å². The van der Waals surface area contributed by atoms with Crippen LogP contribution in [0, 0.1) is 5.41 Å². The number of ether oxygens (including phenoxy) is 1. The second kappa shape index (κ2) is 11.2. The summed E-state index contributed by atoms with van der Waals surface area (Å²) in [6, 6.07) is 18.8. The van der Waals surface area contributed by atoms with Crippen molar-refractivity contribution >= 4 is 20.5 Å². The van der Waals surface area contributed by atoms with Crippen LogP contribution in [0.15, 0.2) is 60.7 Å². The van der Waals surface area contributed by atoms with E-state index in [9.17, 15) is 19.3 Å². The van der Waals surface area contributed by atoms with Gasteiger partial charge in [0, 0.05) is 12.7 Å². The highest BCUT2D eigenvalue weighted by molar-refractivity contribution is 7.23. The molecule has 28 heavy (non-hydrogen) atoms. The molecular weight excluding hydrogens is 377 g/mol. The van der Waals surface area contributed by atoms with Crippen molar-refractivity contribution in [2.24, 2.45) is 5.41 Å². The molecule has 0 fully saturated rings. The summed E-state index contributed by atoms with van der Waals surface area (Å²) in [6.45, 7) is 0.272. The van der Waals surface area contributed by atoms with Gasteiger partial charge < -0.3 is 15.2 Å². The van der Waals surface area contributed by atoms with Crippen molar-refractivity contribution in [2.75, 3.05) is 12.7 Å². The van der Waals surface area contributed by atoms with Crippen LogP contribution in [0.2, 0.25) is 0 Å². The Morgan fingerprint density at radius 3 is 2.14 bits per heavy atom. The molecule has 7 heteroatoms. The molecule has 1 amide bonds. The second-order valence-electron chi connectivity index (χ2n) is 6.60. The normalized spacial score (nSPS) is 12.9. The molecule has 0 saturated heterocycles. The number of carbonyl (C=O) groups excluding carboxylic acids is 1. The summed E-state index contributed by atoms with van der Waals surface area (Å²) < 4.78 is 16.3. The van der Waals surface area contributed by atoms with Crippen molar-refractivity contribution < 1.29 is 24.0 Å². The van der Waals surface area contributed by atoms with Gasteiger partial charge in [0.05, 0.1) is 5.41 Å². The first-order valence-corrected chi connectivity index (χ1v) is 10.1. The maximum Gasteiger partial charge on any atom is 0.407 e. The van der Waals surface area contributed by atoms with E-state index in [1.165, 1.54) is 0 Å². The number of carboxylic acids is 1. The largest absolute Gasteiger partial charge is 0.481 e. The minimum absolute atomic E-state index is 0.00406. The molecule has 0 radical (unpaired) electrons. The molecule has 2 rings (SSSR count). The quantitative estimate of drug-likeness (QED) is 0.548. The van der Waals surface area contributed by atoms with Crippen molar-refractivity contribution in [3.63, 3.8) is 0 Å². The zero-order valence-electron chi connectivity index (χ0n) is 15.5. The number of amides is 1. The number of benzene rings is 2. The van der Waals surface area contributed by atoms with Crippen LogP contribution in [0.1, 0.15) is 24.0 Å². The summed E-state index contributed by atoms with van der Waals surface area (Å²) in [5, 5.41) is 12.4. The van der Waals surface area contributed by atoms with Gasteiger partial charge in [0.2, 0.25) is 0 Å². The van der Waals surface area contributed by atoms with Crippen molar-refractivity contribution in [2.45, 2.75) is 25.9 Å². The number of carboxylic acid groups (broad SMARTS) is 1. The van der Waals surface area contributed by atoms with Gasteiger partial charge in [0.1, 0.15) is 6.61 Å². The van der Waals surface area contributed by atoms with E-state index in [0.29, 0.717) is 12.8 Å². The van der Waals surface area contributed by atoms with Crippen LogP contribution in [-0.2, 0) is 27.1 Å². The minimum atomic E-state index is -1.17. The minimum Gasteiger partial charge on any atom is -0.481 e. The molecule has 0 saturated carbocycles. The van der Waals surface area contributed by atoms with Gasteiger partial charge in [-0.15, -0.1) is 0 Å². The van der Waals surface area contributed by atoms with E-state index >= 15 is 0 Å². The molecule has 0 aliphatic rings. The lowest BCUT2D eigenvalue weighted by atomic mass is 9.80. The van der Waals surface area contributed by atoms with Crippen LogP contribution in [0.4, 0.5) is 4.79 Å². The van der Waals surface area contributed by atoms with Crippen molar-refractivity contribution in [3.8, 4) is 0 Å². The van der Waals surface area contributed by atoms with Crippen LogP contribution in [0.25, 0.3) is 0 Å². The molecule has 1 unspecified atom stereocenters. The van der Waals surface area contributed by atoms with Crippen LogP contribution >= 0.6 is 8.46 Å². The summed E-state index contributed by atoms with van der Waals surface area (Å²) in [6.07, 6.45) is 0.454. The first-order valence-electron chi connectivity index (χ1n) is 9.07. The number of rotatable bonds is 11. The summed E-state index contributed by atoms with van der Waals surface area (Å²) in [7, 11) is -0.227. The first kappa shape index (κ1) is 21.6. The smallest absolute Gasteiger partial charge is 0.407 e. The third kappa shape index (κ3) is 6.78. The van der Waals surface area contributed by atoms with E-state index in [1.807, 2.05) is 60.7 Å². The van der Waals surface area contributed by atoms with Gasteiger partial charge in [-0.25, -0.2) is 4.79 Å². The van der Waals surface area contributed by atoms with Gasteiger partial charge in [-0.3, -0.25) is 9.36 Å². The molecule has 0 aromatic heterocycles. The Hall–Kier alpha value is -2.72. The van der Waals surface area contributed by atoms with Crippen LogP contribution in [-0.4, -0.2) is 29.9 Å². The van der Waals surface area contributed by atoms with E-state index in [2.05, 4.69) is 5.32 Å². The Labute approximate surface area is 166 Å². The zero-order chi connectivity index (χ0) is 20.2. The van der Waals surface area contributed by atoms with E-state index < -0.39 is 17.5 Å². The molecule has 0 bridgehead atoms. The average Bonchev–Trinajstić information content (AvgIpc) is 2.72. The molecule has 0 spiro atoms. The molecule has 0 aliphatic carbocycles. The Balaban J connectivity index is 1.87. The second-order valence-corrected chi connectivity index (χ2v) is 7.17.